The molecule has 6 nitrogen and oxygen atoms in total. The van der Waals surface area contributed by atoms with Gasteiger partial charge in [-0.15, -0.1) is 0 Å². The van der Waals surface area contributed by atoms with E-state index in [0.717, 1.165) is 50.9 Å². The number of likely N-dealkylation sites (tertiary alicyclic amines) is 1. The highest BCUT2D eigenvalue weighted by Gasteiger charge is 2.25. The Kier molecular flexibility index (Phi) is 8.83. The molecule has 0 bridgehead atoms. The van der Waals surface area contributed by atoms with Gasteiger partial charge in [0.25, 0.3) is 0 Å². The second kappa shape index (κ2) is 11.2. The van der Waals surface area contributed by atoms with E-state index in [4.69, 9.17) is 14.1 Å². The molecular weight excluding hydrogens is 316 g/mol. The molecule has 2 rings (SSSR count). The van der Waals surface area contributed by atoms with E-state index < -0.39 is 0 Å². The van der Waals surface area contributed by atoms with E-state index in [0.29, 0.717) is 6.54 Å². The van der Waals surface area contributed by atoms with Gasteiger partial charge in [0.15, 0.2) is 5.96 Å². The van der Waals surface area contributed by atoms with Gasteiger partial charge in [-0.25, -0.2) is 0 Å². The standard InChI is InChI=1S/C19H34N4O2/c1-4-20-19(21-10-8-14-24-16(2)3)22-15-17(18-9-7-13-25-18)23-11-5-6-12-23/h7,9,13,16-17H,4-6,8,10-12,14-15H2,1-3H3,(H2,20,21,22). The minimum absolute atomic E-state index is 0.220. The summed E-state index contributed by atoms with van der Waals surface area (Å²) in [4.78, 5) is 7.27. The zero-order chi connectivity index (χ0) is 17.9. The number of guanidine groups is 1. The summed E-state index contributed by atoms with van der Waals surface area (Å²) in [6.07, 6.45) is 5.53. The minimum atomic E-state index is 0.220. The summed E-state index contributed by atoms with van der Waals surface area (Å²) in [5.74, 6) is 1.87. The Morgan fingerprint density at radius 3 is 2.76 bits per heavy atom. The van der Waals surface area contributed by atoms with Crippen molar-refractivity contribution in [1.29, 1.82) is 0 Å². The molecule has 0 amide bonds. The summed E-state index contributed by atoms with van der Waals surface area (Å²) >= 11 is 0. The fourth-order valence-electron chi connectivity index (χ4n) is 3.04. The molecule has 1 saturated heterocycles. The van der Waals surface area contributed by atoms with Crippen molar-refractivity contribution in [2.45, 2.75) is 52.2 Å². The van der Waals surface area contributed by atoms with E-state index in [-0.39, 0.29) is 12.1 Å². The second-order valence-corrected chi connectivity index (χ2v) is 6.69. The molecule has 0 aromatic carbocycles. The Labute approximate surface area is 152 Å². The van der Waals surface area contributed by atoms with Crippen LogP contribution in [0.15, 0.2) is 27.8 Å². The van der Waals surface area contributed by atoms with Gasteiger partial charge in [-0.2, -0.15) is 0 Å². The largest absolute Gasteiger partial charge is 0.468 e. The molecule has 1 atom stereocenters. The van der Waals surface area contributed by atoms with E-state index >= 15 is 0 Å². The van der Waals surface area contributed by atoms with Gasteiger partial charge in [-0.05, 0) is 65.3 Å². The monoisotopic (exact) mass is 350 g/mol. The Hall–Kier alpha value is -1.53. The number of aliphatic imine (C=N–C) groups is 1. The quantitative estimate of drug-likeness (QED) is 0.386. The molecule has 0 radical (unpaired) electrons. The van der Waals surface area contributed by atoms with E-state index in [9.17, 15) is 0 Å². The number of furan rings is 1. The minimum Gasteiger partial charge on any atom is -0.468 e. The van der Waals surface area contributed by atoms with Crippen LogP contribution in [-0.2, 0) is 4.74 Å². The number of nitrogens with one attached hydrogen (secondary N) is 2. The fourth-order valence-corrected chi connectivity index (χ4v) is 3.04. The maximum Gasteiger partial charge on any atom is 0.191 e. The molecule has 0 saturated carbocycles. The van der Waals surface area contributed by atoms with E-state index in [1.54, 1.807) is 6.26 Å². The van der Waals surface area contributed by atoms with Crippen LogP contribution in [0.2, 0.25) is 0 Å². The van der Waals surface area contributed by atoms with Gasteiger partial charge in [-0.1, -0.05) is 0 Å². The molecule has 1 unspecified atom stereocenters. The van der Waals surface area contributed by atoms with Crippen molar-refractivity contribution >= 4 is 5.96 Å². The summed E-state index contributed by atoms with van der Waals surface area (Å²) in [7, 11) is 0. The van der Waals surface area contributed by atoms with Crippen molar-refractivity contribution in [3.63, 3.8) is 0 Å². The summed E-state index contributed by atoms with van der Waals surface area (Å²) < 4.78 is 11.2. The van der Waals surface area contributed by atoms with Crippen LogP contribution < -0.4 is 10.6 Å². The Bertz CT molecular complexity index is 482. The number of hydrogen-bond acceptors (Lipinski definition) is 4. The Balaban J connectivity index is 1.87. The third-order valence-corrected chi connectivity index (χ3v) is 4.28. The highest BCUT2D eigenvalue weighted by Crippen LogP contribution is 2.25. The predicted molar refractivity (Wildman–Crippen MR) is 102 cm³/mol. The first-order valence-corrected chi connectivity index (χ1v) is 9.62. The lowest BCUT2D eigenvalue weighted by atomic mass is 10.2. The number of nitrogens with zero attached hydrogens (tertiary/aromatic N) is 2. The molecule has 2 heterocycles. The van der Waals surface area contributed by atoms with E-state index in [1.165, 1.54) is 12.8 Å². The van der Waals surface area contributed by atoms with Gasteiger partial charge in [-0.3, -0.25) is 9.89 Å². The third kappa shape index (κ3) is 7.08. The SMILES string of the molecule is CCNC(=NCC(c1ccco1)N1CCCC1)NCCCOC(C)C. The lowest BCUT2D eigenvalue weighted by molar-refractivity contribution is 0.0776. The molecule has 6 heteroatoms. The van der Waals surface area contributed by atoms with Crippen LogP contribution in [-0.4, -0.2) is 56.3 Å². The van der Waals surface area contributed by atoms with Crippen LogP contribution >= 0.6 is 0 Å². The summed E-state index contributed by atoms with van der Waals surface area (Å²) in [5.41, 5.74) is 0. The number of hydrogen-bond donors (Lipinski definition) is 2. The molecule has 1 aromatic heterocycles. The third-order valence-electron chi connectivity index (χ3n) is 4.28. The Morgan fingerprint density at radius 2 is 2.12 bits per heavy atom. The van der Waals surface area contributed by atoms with Gasteiger partial charge in [0.2, 0.25) is 0 Å². The average molecular weight is 351 g/mol. The van der Waals surface area contributed by atoms with Gasteiger partial charge < -0.3 is 19.8 Å². The van der Waals surface area contributed by atoms with Crippen LogP contribution in [0, 0.1) is 0 Å². The maximum atomic E-state index is 5.67. The molecule has 1 aliphatic rings. The smallest absolute Gasteiger partial charge is 0.191 e. The zero-order valence-corrected chi connectivity index (χ0v) is 16.0. The highest BCUT2D eigenvalue weighted by molar-refractivity contribution is 5.79. The van der Waals surface area contributed by atoms with Crippen molar-refractivity contribution in [1.82, 2.24) is 15.5 Å². The predicted octanol–water partition coefficient (Wildman–Crippen LogP) is 2.79. The zero-order valence-electron chi connectivity index (χ0n) is 16.0. The van der Waals surface area contributed by atoms with E-state index in [1.807, 2.05) is 6.07 Å². The molecule has 0 spiro atoms. The van der Waals surface area contributed by atoms with Crippen LogP contribution in [0.25, 0.3) is 0 Å². The van der Waals surface area contributed by atoms with Crippen molar-refractivity contribution < 1.29 is 9.15 Å². The lowest BCUT2D eigenvalue weighted by Crippen LogP contribution is -2.39. The van der Waals surface area contributed by atoms with Gasteiger partial charge in [0.1, 0.15) is 5.76 Å². The van der Waals surface area contributed by atoms with Crippen molar-refractivity contribution in [3.8, 4) is 0 Å². The van der Waals surface area contributed by atoms with Crippen LogP contribution in [0.1, 0.15) is 51.8 Å². The van der Waals surface area contributed by atoms with Crippen molar-refractivity contribution in [2.75, 3.05) is 39.3 Å². The molecule has 142 valence electrons. The van der Waals surface area contributed by atoms with Gasteiger partial charge >= 0.3 is 0 Å². The fraction of sp³-hybridized carbons (Fsp3) is 0.737. The first-order valence-electron chi connectivity index (χ1n) is 9.62. The molecular formula is C19H34N4O2. The summed E-state index contributed by atoms with van der Waals surface area (Å²) in [6.45, 7) is 11.6. The topological polar surface area (TPSA) is 62.0 Å². The summed E-state index contributed by atoms with van der Waals surface area (Å²) in [6, 6.07) is 4.24. The molecule has 1 fully saturated rings. The molecule has 1 aromatic rings. The van der Waals surface area contributed by atoms with Crippen molar-refractivity contribution in [2.24, 2.45) is 4.99 Å². The van der Waals surface area contributed by atoms with Gasteiger partial charge in [0, 0.05) is 19.7 Å². The van der Waals surface area contributed by atoms with Crippen molar-refractivity contribution in [3.05, 3.63) is 24.2 Å². The molecule has 2 N–H and O–H groups in total. The average Bonchev–Trinajstić information content (AvgIpc) is 3.28. The molecule has 0 aliphatic carbocycles. The molecule has 25 heavy (non-hydrogen) atoms. The Morgan fingerprint density at radius 1 is 1.32 bits per heavy atom. The number of rotatable bonds is 10. The van der Waals surface area contributed by atoms with Crippen LogP contribution in [0.4, 0.5) is 0 Å². The molecule has 1 aliphatic heterocycles. The maximum absolute atomic E-state index is 5.67. The normalized spacial score (nSPS) is 17.2. The number of ether oxygens (including phenoxy) is 1. The van der Waals surface area contributed by atoms with Gasteiger partial charge in [0.05, 0.1) is 25.0 Å². The van der Waals surface area contributed by atoms with Crippen LogP contribution in [0.3, 0.4) is 0 Å². The first kappa shape index (κ1) is 19.8. The first-order chi connectivity index (χ1) is 12.2. The van der Waals surface area contributed by atoms with Crippen LogP contribution in [0.5, 0.6) is 0 Å². The second-order valence-electron chi connectivity index (χ2n) is 6.69. The highest BCUT2D eigenvalue weighted by atomic mass is 16.5. The summed E-state index contributed by atoms with van der Waals surface area (Å²) in [5, 5.41) is 6.72. The van der Waals surface area contributed by atoms with E-state index in [2.05, 4.69) is 42.4 Å². The lowest BCUT2D eigenvalue weighted by Gasteiger charge is -2.24.